The standard InChI is InChI=1S/C22H20F2N2O2/c1-22(5-2-6-25-22)16-4-3-12(7-17(16)24)21-15-10-28-11-19(27)14-8-13(23)9-18(26-21)20(14)15/h3-4,7-9,25-26H,2,5-6,10-11H2,1H3. The molecular weight excluding hydrogens is 362 g/mol. The van der Waals surface area contributed by atoms with E-state index in [4.69, 9.17) is 4.74 Å². The van der Waals surface area contributed by atoms with Gasteiger partial charge in [-0.3, -0.25) is 4.79 Å². The molecule has 4 nitrogen and oxygen atoms in total. The molecule has 5 rings (SSSR count). The van der Waals surface area contributed by atoms with Crippen molar-refractivity contribution in [3.05, 3.63) is 58.7 Å². The van der Waals surface area contributed by atoms with E-state index in [9.17, 15) is 9.18 Å². The zero-order valence-electron chi connectivity index (χ0n) is 15.5. The van der Waals surface area contributed by atoms with E-state index in [1.165, 1.54) is 18.2 Å². The molecule has 1 fully saturated rings. The van der Waals surface area contributed by atoms with Gasteiger partial charge in [-0.2, -0.15) is 0 Å². The number of benzene rings is 2. The number of nitrogens with one attached hydrogen (secondary N) is 2. The Hall–Kier alpha value is -2.57. The molecule has 2 aliphatic heterocycles. The maximum atomic E-state index is 15.0. The molecule has 3 aromatic rings. The topological polar surface area (TPSA) is 54.1 Å². The van der Waals surface area contributed by atoms with E-state index in [-0.39, 0.29) is 30.4 Å². The van der Waals surface area contributed by atoms with Crippen LogP contribution in [0.4, 0.5) is 8.78 Å². The van der Waals surface area contributed by atoms with Crippen LogP contribution in [-0.4, -0.2) is 23.9 Å². The summed E-state index contributed by atoms with van der Waals surface area (Å²) < 4.78 is 34.5. The van der Waals surface area contributed by atoms with Gasteiger partial charge in [0.2, 0.25) is 0 Å². The number of carbonyl (C=O) groups is 1. The van der Waals surface area contributed by atoms with Crippen LogP contribution >= 0.6 is 0 Å². The van der Waals surface area contributed by atoms with Crippen LogP contribution in [0.15, 0.2) is 30.3 Å². The fourth-order valence-corrected chi connectivity index (χ4v) is 4.54. The highest BCUT2D eigenvalue weighted by molar-refractivity contribution is 6.11. The molecular formula is C22H20F2N2O2. The molecule has 144 valence electrons. The van der Waals surface area contributed by atoms with Gasteiger partial charge in [-0.25, -0.2) is 8.78 Å². The van der Waals surface area contributed by atoms with Crippen LogP contribution in [0.25, 0.3) is 22.2 Å². The molecule has 1 aromatic heterocycles. The van der Waals surface area contributed by atoms with E-state index in [0.717, 1.165) is 24.9 Å². The first-order chi connectivity index (χ1) is 13.5. The highest BCUT2D eigenvalue weighted by atomic mass is 19.1. The van der Waals surface area contributed by atoms with Crippen molar-refractivity contribution in [1.29, 1.82) is 0 Å². The first-order valence-corrected chi connectivity index (χ1v) is 9.47. The Morgan fingerprint density at radius 3 is 2.75 bits per heavy atom. The molecule has 0 amide bonds. The van der Waals surface area contributed by atoms with Crippen molar-refractivity contribution in [1.82, 2.24) is 10.3 Å². The highest BCUT2D eigenvalue weighted by Gasteiger charge is 2.33. The Balaban J connectivity index is 1.68. The molecule has 2 N–H and O–H groups in total. The third-order valence-electron chi connectivity index (χ3n) is 5.97. The molecule has 6 heteroatoms. The molecule has 0 aliphatic carbocycles. The van der Waals surface area contributed by atoms with Crippen molar-refractivity contribution in [2.24, 2.45) is 0 Å². The Bertz CT molecular complexity index is 1110. The summed E-state index contributed by atoms with van der Waals surface area (Å²) in [5.74, 6) is -1.02. The second kappa shape index (κ2) is 6.22. The fraction of sp³-hybridized carbons (Fsp3) is 0.318. The molecule has 2 aliphatic rings. The lowest BCUT2D eigenvalue weighted by atomic mass is 9.89. The maximum absolute atomic E-state index is 15.0. The van der Waals surface area contributed by atoms with Gasteiger partial charge in [-0.1, -0.05) is 12.1 Å². The van der Waals surface area contributed by atoms with Crippen LogP contribution in [0.1, 0.15) is 41.3 Å². The van der Waals surface area contributed by atoms with E-state index in [1.807, 2.05) is 19.1 Å². The molecule has 1 unspecified atom stereocenters. The number of aromatic nitrogens is 1. The number of aromatic amines is 1. The van der Waals surface area contributed by atoms with Crippen LogP contribution in [0.5, 0.6) is 0 Å². The highest BCUT2D eigenvalue weighted by Crippen LogP contribution is 2.38. The predicted octanol–water partition coefficient (Wildman–Crippen LogP) is 4.42. The van der Waals surface area contributed by atoms with Crippen molar-refractivity contribution in [2.45, 2.75) is 31.9 Å². The van der Waals surface area contributed by atoms with Gasteiger partial charge in [0, 0.05) is 38.7 Å². The van der Waals surface area contributed by atoms with Gasteiger partial charge in [-0.15, -0.1) is 0 Å². The van der Waals surface area contributed by atoms with E-state index in [0.29, 0.717) is 33.3 Å². The zero-order chi connectivity index (χ0) is 19.5. The van der Waals surface area contributed by atoms with Gasteiger partial charge in [0.15, 0.2) is 5.78 Å². The van der Waals surface area contributed by atoms with E-state index < -0.39 is 5.82 Å². The Morgan fingerprint density at radius 1 is 1.14 bits per heavy atom. The summed E-state index contributed by atoms with van der Waals surface area (Å²) in [6.45, 7) is 3.01. The lowest BCUT2D eigenvalue weighted by Gasteiger charge is -2.25. The van der Waals surface area contributed by atoms with Gasteiger partial charge in [0.1, 0.15) is 18.2 Å². The lowest BCUT2D eigenvalue weighted by molar-refractivity contribution is 0.0742. The monoisotopic (exact) mass is 382 g/mol. The average Bonchev–Trinajstić information content (AvgIpc) is 3.21. The van der Waals surface area contributed by atoms with E-state index in [2.05, 4.69) is 10.3 Å². The Kier molecular flexibility index (Phi) is 3.89. The van der Waals surface area contributed by atoms with Crippen molar-refractivity contribution in [3.8, 4) is 11.3 Å². The van der Waals surface area contributed by atoms with Crippen molar-refractivity contribution in [3.63, 3.8) is 0 Å². The summed E-state index contributed by atoms with van der Waals surface area (Å²) in [6, 6.07) is 7.79. The van der Waals surface area contributed by atoms with Crippen molar-refractivity contribution >= 4 is 16.7 Å². The van der Waals surface area contributed by atoms with Crippen LogP contribution in [0.2, 0.25) is 0 Å². The molecule has 28 heavy (non-hydrogen) atoms. The smallest absolute Gasteiger partial charge is 0.189 e. The minimum Gasteiger partial charge on any atom is -0.369 e. The second-order valence-corrected chi connectivity index (χ2v) is 7.83. The number of H-pyrrole nitrogens is 1. The number of Topliss-reactive ketones (excluding diaryl/α,β-unsaturated/α-hetero) is 1. The normalized spacial score (nSPS) is 22.0. The largest absolute Gasteiger partial charge is 0.369 e. The van der Waals surface area contributed by atoms with Crippen molar-refractivity contribution in [2.75, 3.05) is 13.2 Å². The molecule has 3 heterocycles. The SMILES string of the molecule is CC1(c2ccc(-c3[nH]c4cc(F)cc5c4c3COCC5=O)cc2F)CCCN1. The maximum Gasteiger partial charge on any atom is 0.189 e. The summed E-state index contributed by atoms with van der Waals surface area (Å²) in [7, 11) is 0. The Morgan fingerprint density at radius 2 is 2.00 bits per heavy atom. The van der Waals surface area contributed by atoms with Crippen LogP contribution < -0.4 is 5.32 Å². The zero-order valence-corrected chi connectivity index (χ0v) is 15.5. The second-order valence-electron chi connectivity index (χ2n) is 7.83. The predicted molar refractivity (Wildman–Crippen MR) is 102 cm³/mol. The van der Waals surface area contributed by atoms with Crippen LogP contribution in [-0.2, 0) is 16.9 Å². The number of hydrogen-bond donors (Lipinski definition) is 2. The minimum absolute atomic E-state index is 0.0933. The third kappa shape index (κ3) is 2.59. The first kappa shape index (κ1) is 17.5. The molecule has 2 aromatic carbocycles. The molecule has 0 spiro atoms. The average molecular weight is 382 g/mol. The van der Waals surface area contributed by atoms with Gasteiger partial charge < -0.3 is 15.0 Å². The summed E-state index contributed by atoms with van der Waals surface area (Å²) in [4.78, 5) is 15.5. The number of carbonyl (C=O) groups excluding carboxylic acids is 1. The quantitative estimate of drug-likeness (QED) is 0.690. The number of hydrogen-bond acceptors (Lipinski definition) is 3. The number of halogens is 2. The van der Waals surface area contributed by atoms with Gasteiger partial charge in [-0.05, 0) is 44.5 Å². The molecule has 1 saturated heterocycles. The van der Waals surface area contributed by atoms with Crippen molar-refractivity contribution < 1.29 is 18.3 Å². The summed E-state index contributed by atoms with van der Waals surface area (Å²) in [5, 5.41) is 4.04. The van der Waals surface area contributed by atoms with Gasteiger partial charge >= 0.3 is 0 Å². The number of ketones is 1. The van der Waals surface area contributed by atoms with Crippen LogP contribution in [0, 0.1) is 11.6 Å². The summed E-state index contributed by atoms with van der Waals surface area (Å²) in [6.07, 6.45) is 1.91. The summed E-state index contributed by atoms with van der Waals surface area (Å²) >= 11 is 0. The molecule has 0 bridgehead atoms. The first-order valence-electron chi connectivity index (χ1n) is 9.47. The number of rotatable bonds is 2. The van der Waals surface area contributed by atoms with E-state index >= 15 is 4.39 Å². The third-order valence-corrected chi connectivity index (χ3v) is 5.97. The Labute approximate surface area is 160 Å². The van der Waals surface area contributed by atoms with Gasteiger partial charge in [0.05, 0.1) is 12.3 Å². The molecule has 0 radical (unpaired) electrons. The fourth-order valence-electron chi connectivity index (χ4n) is 4.54. The van der Waals surface area contributed by atoms with Crippen LogP contribution in [0.3, 0.4) is 0 Å². The van der Waals surface area contributed by atoms with Gasteiger partial charge in [0.25, 0.3) is 0 Å². The van der Waals surface area contributed by atoms with E-state index in [1.54, 1.807) is 0 Å². The number of ether oxygens (including phenoxy) is 1. The minimum atomic E-state index is -0.487. The lowest BCUT2D eigenvalue weighted by Crippen LogP contribution is -2.34. The molecule has 0 saturated carbocycles. The summed E-state index contributed by atoms with van der Waals surface area (Å²) in [5.41, 5.74) is 3.19. The molecule has 1 atom stereocenters.